The van der Waals surface area contributed by atoms with E-state index in [1.165, 1.54) is 18.1 Å². The lowest BCUT2D eigenvalue weighted by atomic mass is 9.94. The van der Waals surface area contributed by atoms with Crippen molar-refractivity contribution >= 4 is 11.9 Å². The molecule has 0 aliphatic rings. The second kappa shape index (κ2) is 11.7. The first-order valence-electron chi connectivity index (χ1n) is 11.5. The number of carbonyl (C=O) groups excluding carboxylic acids is 2. The fraction of sp³-hybridized carbons (Fsp3) is 0.286. The van der Waals surface area contributed by atoms with Gasteiger partial charge < -0.3 is 14.4 Å². The molecule has 0 spiro atoms. The minimum atomic E-state index is -4.55. The molecule has 1 amide bonds. The summed E-state index contributed by atoms with van der Waals surface area (Å²) in [5, 5.41) is 0. The van der Waals surface area contributed by atoms with Crippen molar-refractivity contribution in [2.45, 2.75) is 33.0 Å². The van der Waals surface area contributed by atoms with Gasteiger partial charge in [-0.1, -0.05) is 30.3 Å². The van der Waals surface area contributed by atoms with E-state index in [0.717, 1.165) is 12.1 Å². The van der Waals surface area contributed by atoms with Crippen molar-refractivity contribution in [3.05, 3.63) is 89.0 Å². The Morgan fingerprint density at radius 1 is 0.917 bits per heavy atom. The van der Waals surface area contributed by atoms with Gasteiger partial charge in [-0.05, 0) is 66.9 Å². The van der Waals surface area contributed by atoms with Crippen LogP contribution in [0.15, 0.2) is 66.7 Å². The second-order valence-electron chi connectivity index (χ2n) is 8.07. The normalized spacial score (nSPS) is 11.2. The summed E-state index contributed by atoms with van der Waals surface area (Å²) in [5.41, 5.74) is 1.56. The highest BCUT2D eigenvalue weighted by Crippen LogP contribution is 2.38. The lowest BCUT2D eigenvalue weighted by molar-refractivity contribution is -0.142. The largest absolute Gasteiger partial charge is 0.496 e. The van der Waals surface area contributed by atoms with E-state index in [1.807, 2.05) is 0 Å². The van der Waals surface area contributed by atoms with E-state index in [9.17, 15) is 22.8 Å². The molecular weight excluding hydrogens is 471 g/mol. The standard InChI is InChI=1S/C28H28F3NO4/c1-4-32(27(34)20-9-7-6-8-10-20)18-21-17-22(28(29,30)31)12-13-23(21)24-15-19(11-14-25(24)35-3)16-26(33)36-5-2/h6-15,17H,4-5,16,18H2,1-3H3. The first-order chi connectivity index (χ1) is 17.2. The van der Waals surface area contributed by atoms with Gasteiger partial charge in [0.25, 0.3) is 5.91 Å². The molecule has 0 bridgehead atoms. The number of halogens is 3. The molecular formula is C28H28F3NO4. The van der Waals surface area contributed by atoms with Crippen LogP contribution in [0.25, 0.3) is 11.1 Å². The maximum atomic E-state index is 13.6. The smallest absolute Gasteiger partial charge is 0.416 e. The maximum absolute atomic E-state index is 13.6. The van der Waals surface area contributed by atoms with Crippen LogP contribution in [0.3, 0.4) is 0 Å². The summed E-state index contributed by atoms with van der Waals surface area (Å²) < 4.78 is 51.4. The number of esters is 1. The first-order valence-corrected chi connectivity index (χ1v) is 11.5. The summed E-state index contributed by atoms with van der Waals surface area (Å²) in [4.78, 5) is 26.6. The number of ether oxygens (including phenoxy) is 2. The van der Waals surface area contributed by atoms with Crippen LogP contribution >= 0.6 is 0 Å². The summed E-state index contributed by atoms with van der Waals surface area (Å²) in [7, 11) is 1.46. The number of carbonyl (C=O) groups is 2. The maximum Gasteiger partial charge on any atom is 0.416 e. The molecule has 5 nitrogen and oxygen atoms in total. The van der Waals surface area contributed by atoms with Gasteiger partial charge in [0.05, 0.1) is 25.7 Å². The van der Waals surface area contributed by atoms with Crippen LogP contribution in [0.2, 0.25) is 0 Å². The van der Waals surface area contributed by atoms with E-state index in [0.29, 0.717) is 40.1 Å². The molecule has 0 unspecified atom stereocenters. The van der Waals surface area contributed by atoms with Crippen LogP contribution in [0.4, 0.5) is 13.2 Å². The molecule has 0 saturated heterocycles. The van der Waals surface area contributed by atoms with Gasteiger partial charge in [-0.2, -0.15) is 13.2 Å². The van der Waals surface area contributed by atoms with Crippen molar-refractivity contribution in [1.82, 2.24) is 4.90 Å². The number of amides is 1. The Balaban J connectivity index is 2.09. The van der Waals surface area contributed by atoms with Crippen molar-refractivity contribution in [3.63, 3.8) is 0 Å². The monoisotopic (exact) mass is 499 g/mol. The fourth-order valence-electron chi connectivity index (χ4n) is 3.91. The van der Waals surface area contributed by atoms with Crippen LogP contribution in [0.5, 0.6) is 5.75 Å². The molecule has 3 aromatic rings. The third kappa shape index (κ3) is 6.44. The lowest BCUT2D eigenvalue weighted by Gasteiger charge is -2.24. The molecule has 3 aromatic carbocycles. The highest BCUT2D eigenvalue weighted by atomic mass is 19.4. The lowest BCUT2D eigenvalue weighted by Crippen LogP contribution is -2.30. The van der Waals surface area contributed by atoms with Gasteiger partial charge in [-0.3, -0.25) is 9.59 Å². The van der Waals surface area contributed by atoms with Gasteiger partial charge in [-0.25, -0.2) is 0 Å². The van der Waals surface area contributed by atoms with Crippen molar-refractivity contribution < 1.29 is 32.2 Å². The molecule has 0 N–H and O–H groups in total. The number of hydrogen-bond donors (Lipinski definition) is 0. The second-order valence-corrected chi connectivity index (χ2v) is 8.07. The van der Waals surface area contributed by atoms with Crippen molar-refractivity contribution in [3.8, 4) is 16.9 Å². The first kappa shape index (κ1) is 26.8. The Labute approximate surface area is 208 Å². The Morgan fingerprint density at radius 3 is 2.25 bits per heavy atom. The predicted octanol–water partition coefficient (Wildman–Crippen LogP) is 6.15. The van der Waals surface area contributed by atoms with Crippen molar-refractivity contribution in [2.75, 3.05) is 20.3 Å². The molecule has 3 rings (SSSR count). The summed E-state index contributed by atoms with van der Waals surface area (Å²) in [6.07, 6.45) is -4.54. The molecule has 0 aromatic heterocycles. The average Bonchev–Trinajstić information content (AvgIpc) is 2.86. The fourth-order valence-corrected chi connectivity index (χ4v) is 3.91. The van der Waals surface area contributed by atoms with Gasteiger partial charge in [0.15, 0.2) is 0 Å². The van der Waals surface area contributed by atoms with Crippen molar-refractivity contribution in [1.29, 1.82) is 0 Å². The Bertz CT molecular complexity index is 1210. The van der Waals surface area contributed by atoms with Gasteiger partial charge in [0.2, 0.25) is 0 Å². The molecule has 0 atom stereocenters. The number of benzene rings is 3. The van der Waals surface area contributed by atoms with Crippen LogP contribution in [0.1, 0.15) is 40.9 Å². The zero-order valence-electron chi connectivity index (χ0n) is 20.4. The number of methoxy groups -OCH3 is 1. The van der Waals surface area contributed by atoms with Crippen LogP contribution < -0.4 is 4.74 Å². The van der Waals surface area contributed by atoms with E-state index in [1.54, 1.807) is 62.4 Å². The predicted molar refractivity (Wildman–Crippen MR) is 131 cm³/mol. The number of nitrogens with zero attached hydrogens (tertiary/aromatic N) is 1. The van der Waals surface area contributed by atoms with Gasteiger partial charge in [0, 0.05) is 24.2 Å². The molecule has 0 aliphatic heterocycles. The van der Waals surface area contributed by atoms with E-state index in [2.05, 4.69) is 0 Å². The zero-order chi connectivity index (χ0) is 26.3. The SMILES string of the molecule is CCOC(=O)Cc1ccc(OC)c(-c2ccc(C(F)(F)F)cc2CN(CC)C(=O)c2ccccc2)c1. The zero-order valence-corrected chi connectivity index (χ0v) is 20.4. The number of rotatable bonds is 9. The van der Waals surface area contributed by atoms with Crippen LogP contribution in [-0.2, 0) is 28.7 Å². The molecule has 0 radical (unpaired) electrons. The van der Waals surface area contributed by atoms with Gasteiger partial charge >= 0.3 is 12.1 Å². The third-order valence-electron chi connectivity index (χ3n) is 5.69. The van der Waals surface area contributed by atoms with E-state index < -0.39 is 17.7 Å². The summed E-state index contributed by atoms with van der Waals surface area (Å²) in [6.45, 7) is 3.97. The molecule has 0 aliphatic carbocycles. The molecule has 0 heterocycles. The van der Waals surface area contributed by atoms with E-state index in [4.69, 9.17) is 9.47 Å². The van der Waals surface area contributed by atoms with E-state index in [-0.39, 0.29) is 25.5 Å². The molecule has 0 fully saturated rings. The number of hydrogen-bond acceptors (Lipinski definition) is 4. The molecule has 36 heavy (non-hydrogen) atoms. The average molecular weight is 500 g/mol. The van der Waals surface area contributed by atoms with Crippen LogP contribution in [-0.4, -0.2) is 37.0 Å². The Morgan fingerprint density at radius 2 is 1.64 bits per heavy atom. The van der Waals surface area contributed by atoms with Gasteiger partial charge in [-0.15, -0.1) is 0 Å². The van der Waals surface area contributed by atoms with Gasteiger partial charge in [0.1, 0.15) is 5.75 Å². The number of alkyl halides is 3. The summed E-state index contributed by atoms with van der Waals surface area (Å²) >= 11 is 0. The topological polar surface area (TPSA) is 55.8 Å². The van der Waals surface area contributed by atoms with Crippen molar-refractivity contribution in [2.24, 2.45) is 0 Å². The minimum absolute atomic E-state index is 0.00831. The summed E-state index contributed by atoms with van der Waals surface area (Å²) in [6, 6.07) is 17.1. The quantitative estimate of drug-likeness (QED) is 0.332. The highest BCUT2D eigenvalue weighted by molar-refractivity contribution is 5.94. The highest BCUT2D eigenvalue weighted by Gasteiger charge is 2.32. The summed E-state index contributed by atoms with van der Waals surface area (Å²) in [5.74, 6) is -0.266. The minimum Gasteiger partial charge on any atom is -0.496 e. The van der Waals surface area contributed by atoms with Crippen LogP contribution in [0, 0.1) is 0 Å². The van der Waals surface area contributed by atoms with E-state index >= 15 is 0 Å². The Kier molecular flexibility index (Phi) is 8.74. The molecule has 190 valence electrons. The third-order valence-corrected chi connectivity index (χ3v) is 5.69. The molecule has 0 saturated carbocycles. The Hall–Kier alpha value is -3.81. The molecule has 8 heteroatoms.